The van der Waals surface area contributed by atoms with Gasteiger partial charge in [-0.15, -0.1) is 0 Å². The Morgan fingerprint density at radius 2 is 1.65 bits per heavy atom. The molecule has 98 valence electrons. The van der Waals surface area contributed by atoms with E-state index in [4.69, 9.17) is 0 Å². The van der Waals surface area contributed by atoms with Crippen LogP contribution in [0, 0.1) is 11.3 Å². The molecule has 0 aliphatic heterocycles. The second-order valence-corrected chi connectivity index (χ2v) is 4.62. The summed E-state index contributed by atoms with van der Waals surface area (Å²) in [7, 11) is 0. The zero-order chi connectivity index (χ0) is 13.8. The summed E-state index contributed by atoms with van der Waals surface area (Å²) in [6.07, 6.45) is 0.911. The van der Waals surface area contributed by atoms with Crippen molar-refractivity contribution in [2.75, 3.05) is 0 Å². The molecule has 0 aromatic carbocycles. The summed E-state index contributed by atoms with van der Waals surface area (Å²) in [5.41, 5.74) is -0.705. The van der Waals surface area contributed by atoms with Gasteiger partial charge in [0.15, 0.2) is 0 Å². The molecule has 0 bridgehead atoms. The fourth-order valence-electron chi connectivity index (χ4n) is 2.44. The van der Waals surface area contributed by atoms with Gasteiger partial charge in [0, 0.05) is 0 Å². The first kappa shape index (κ1) is 15.7. The van der Waals surface area contributed by atoms with E-state index in [-0.39, 0.29) is 17.9 Å². The molecule has 2 atom stereocenters. The van der Waals surface area contributed by atoms with Crippen molar-refractivity contribution in [2.45, 2.75) is 47.5 Å². The molecule has 0 rings (SSSR count). The zero-order valence-electron chi connectivity index (χ0n) is 11.2. The van der Waals surface area contributed by atoms with Crippen molar-refractivity contribution in [3.63, 3.8) is 0 Å². The lowest BCUT2D eigenvalue weighted by molar-refractivity contribution is -0.153. The number of carboxylic acids is 2. The van der Waals surface area contributed by atoms with E-state index in [1.807, 2.05) is 6.92 Å². The minimum absolute atomic E-state index is 0.0295. The van der Waals surface area contributed by atoms with Gasteiger partial charge in [0.2, 0.25) is 0 Å². The van der Waals surface area contributed by atoms with Gasteiger partial charge in [-0.05, 0) is 26.2 Å². The molecule has 0 aliphatic rings. The summed E-state index contributed by atoms with van der Waals surface area (Å²) in [6, 6.07) is 0. The van der Waals surface area contributed by atoms with E-state index < -0.39 is 17.4 Å². The summed E-state index contributed by atoms with van der Waals surface area (Å²) in [5, 5.41) is 18.8. The van der Waals surface area contributed by atoms with Crippen LogP contribution >= 0.6 is 0 Å². The van der Waals surface area contributed by atoms with E-state index in [1.54, 1.807) is 27.7 Å². The molecule has 4 heteroatoms. The summed E-state index contributed by atoms with van der Waals surface area (Å²) < 4.78 is 0. The Kier molecular flexibility index (Phi) is 5.39. The molecule has 0 radical (unpaired) electrons. The number of rotatable bonds is 6. The maximum atomic E-state index is 11.6. The van der Waals surface area contributed by atoms with Crippen molar-refractivity contribution in [1.29, 1.82) is 0 Å². The first-order valence-electron chi connectivity index (χ1n) is 5.90. The molecule has 0 aromatic rings. The smallest absolute Gasteiger partial charge is 0.332 e. The van der Waals surface area contributed by atoms with Gasteiger partial charge in [-0.3, -0.25) is 4.79 Å². The Morgan fingerprint density at radius 1 is 1.18 bits per heavy atom. The minimum Gasteiger partial charge on any atom is -0.481 e. The average Bonchev–Trinajstić information content (AvgIpc) is 2.22. The van der Waals surface area contributed by atoms with Crippen LogP contribution in [0.2, 0.25) is 0 Å². The molecule has 0 aromatic heterocycles. The maximum Gasteiger partial charge on any atom is 0.332 e. The molecule has 2 N–H and O–H groups in total. The lowest BCUT2D eigenvalue weighted by Gasteiger charge is -2.35. The van der Waals surface area contributed by atoms with E-state index in [1.165, 1.54) is 0 Å². The van der Waals surface area contributed by atoms with E-state index in [0.717, 1.165) is 0 Å². The lowest BCUT2D eigenvalue weighted by atomic mass is 9.66. The van der Waals surface area contributed by atoms with Crippen LogP contribution in [0.15, 0.2) is 11.1 Å². The number of carbonyl (C=O) groups is 2. The number of hydrogen-bond acceptors (Lipinski definition) is 2. The highest BCUT2D eigenvalue weighted by atomic mass is 16.4. The highest BCUT2D eigenvalue weighted by Crippen LogP contribution is 2.42. The molecule has 2 unspecified atom stereocenters. The predicted molar refractivity (Wildman–Crippen MR) is 65.8 cm³/mol. The van der Waals surface area contributed by atoms with Crippen LogP contribution in [0.4, 0.5) is 0 Å². The van der Waals surface area contributed by atoms with Crippen molar-refractivity contribution in [3.05, 3.63) is 11.1 Å². The second kappa shape index (κ2) is 5.84. The molecule has 0 spiro atoms. The van der Waals surface area contributed by atoms with Crippen LogP contribution in [0.5, 0.6) is 0 Å². The number of aliphatic carboxylic acids is 2. The van der Waals surface area contributed by atoms with Gasteiger partial charge in [0.25, 0.3) is 0 Å². The number of carboxylic acid groups (broad SMARTS) is 2. The summed E-state index contributed by atoms with van der Waals surface area (Å²) in [4.78, 5) is 23.0. The van der Waals surface area contributed by atoms with Gasteiger partial charge >= 0.3 is 11.9 Å². The molecule has 0 heterocycles. The summed E-state index contributed by atoms with van der Waals surface area (Å²) in [6.45, 7) is 8.70. The van der Waals surface area contributed by atoms with Gasteiger partial charge in [0.05, 0.1) is 5.57 Å². The normalized spacial score (nSPS) is 15.8. The Labute approximate surface area is 102 Å². The fourth-order valence-corrected chi connectivity index (χ4v) is 2.44. The van der Waals surface area contributed by atoms with E-state index >= 15 is 0 Å². The molecule has 0 saturated heterocycles. The molecule has 0 amide bonds. The SMILES string of the molecule is CCC(C)C(CC)(C(=O)O)C(C(=O)O)=C(C)C. The Morgan fingerprint density at radius 3 is 1.82 bits per heavy atom. The largest absolute Gasteiger partial charge is 0.481 e. The van der Waals surface area contributed by atoms with Crippen LogP contribution in [0.1, 0.15) is 47.5 Å². The van der Waals surface area contributed by atoms with Gasteiger partial charge in [0.1, 0.15) is 5.41 Å². The number of hydrogen-bond donors (Lipinski definition) is 2. The van der Waals surface area contributed by atoms with Crippen molar-refractivity contribution in [3.8, 4) is 0 Å². The molecule has 4 nitrogen and oxygen atoms in total. The second-order valence-electron chi connectivity index (χ2n) is 4.62. The summed E-state index contributed by atoms with van der Waals surface area (Å²) >= 11 is 0. The molecule has 0 fully saturated rings. The maximum absolute atomic E-state index is 11.6. The average molecular weight is 242 g/mol. The highest BCUT2D eigenvalue weighted by Gasteiger charge is 2.48. The molecule has 17 heavy (non-hydrogen) atoms. The van der Waals surface area contributed by atoms with Crippen molar-refractivity contribution < 1.29 is 19.8 Å². The standard InChI is InChI=1S/C13H22O4/c1-6-9(5)13(7-2,12(16)17)10(8(3)4)11(14)15/h9H,6-7H2,1-5H3,(H,14,15)(H,16,17). The molecule has 0 aliphatic carbocycles. The first-order valence-corrected chi connectivity index (χ1v) is 5.90. The fraction of sp³-hybridized carbons (Fsp3) is 0.692. The van der Waals surface area contributed by atoms with Gasteiger partial charge in [-0.25, -0.2) is 4.79 Å². The topological polar surface area (TPSA) is 74.6 Å². The van der Waals surface area contributed by atoms with E-state index in [2.05, 4.69) is 0 Å². The zero-order valence-corrected chi connectivity index (χ0v) is 11.2. The van der Waals surface area contributed by atoms with Crippen molar-refractivity contribution in [2.24, 2.45) is 11.3 Å². The van der Waals surface area contributed by atoms with Crippen molar-refractivity contribution in [1.82, 2.24) is 0 Å². The van der Waals surface area contributed by atoms with Crippen LogP contribution in [0.3, 0.4) is 0 Å². The monoisotopic (exact) mass is 242 g/mol. The van der Waals surface area contributed by atoms with E-state index in [0.29, 0.717) is 12.0 Å². The van der Waals surface area contributed by atoms with Gasteiger partial charge in [-0.1, -0.05) is 32.8 Å². The van der Waals surface area contributed by atoms with Gasteiger partial charge in [-0.2, -0.15) is 0 Å². The van der Waals surface area contributed by atoms with Crippen LogP contribution in [0.25, 0.3) is 0 Å². The third kappa shape index (κ3) is 2.68. The predicted octanol–water partition coefficient (Wildman–Crippen LogP) is 2.93. The third-order valence-corrected chi connectivity index (χ3v) is 3.55. The Balaban J connectivity index is 6.02. The van der Waals surface area contributed by atoms with Crippen LogP contribution in [-0.4, -0.2) is 22.2 Å². The Hall–Kier alpha value is -1.32. The Bertz CT molecular complexity index is 339. The molecule has 0 saturated carbocycles. The number of allylic oxidation sites excluding steroid dienone is 1. The van der Waals surface area contributed by atoms with E-state index in [9.17, 15) is 19.8 Å². The van der Waals surface area contributed by atoms with Gasteiger partial charge < -0.3 is 10.2 Å². The van der Waals surface area contributed by atoms with Crippen LogP contribution in [-0.2, 0) is 9.59 Å². The van der Waals surface area contributed by atoms with Crippen molar-refractivity contribution >= 4 is 11.9 Å². The first-order chi connectivity index (χ1) is 7.75. The quantitative estimate of drug-likeness (QED) is 0.702. The molecular formula is C13H22O4. The van der Waals surface area contributed by atoms with Crippen LogP contribution < -0.4 is 0 Å². The third-order valence-electron chi connectivity index (χ3n) is 3.55. The summed E-state index contributed by atoms with van der Waals surface area (Å²) in [5.74, 6) is -2.39. The highest BCUT2D eigenvalue weighted by molar-refractivity contribution is 5.97. The lowest BCUT2D eigenvalue weighted by Crippen LogP contribution is -2.41. The minimum atomic E-state index is -1.29. The molecular weight excluding hydrogens is 220 g/mol.